The van der Waals surface area contributed by atoms with E-state index in [4.69, 9.17) is 0 Å². The van der Waals surface area contributed by atoms with Gasteiger partial charge in [-0.15, -0.1) is 0 Å². The maximum atomic E-state index is 3.80. The molecule has 96 valence electrons. The number of rotatable bonds is 3. The van der Waals surface area contributed by atoms with Crippen molar-refractivity contribution in [3.63, 3.8) is 0 Å². The molecule has 0 bridgehead atoms. The summed E-state index contributed by atoms with van der Waals surface area (Å²) in [4.78, 5) is 0. The van der Waals surface area contributed by atoms with Crippen LogP contribution in [0.1, 0.15) is 41.1 Å². The fourth-order valence-corrected chi connectivity index (χ4v) is 3.15. The predicted molar refractivity (Wildman–Crippen MR) is 78.3 cm³/mol. The van der Waals surface area contributed by atoms with Gasteiger partial charge in [-0.2, -0.15) is 0 Å². The number of hydrogen-bond acceptors (Lipinski definition) is 1. The van der Waals surface area contributed by atoms with Crippen molar-refractivity contribution in [3.05, 3.63) is 70.8 Å². The number of benzene rings is 2. The van der Waals surface area contributed by atoms with Crippen LogP contribution >= 0.6 is 0 Å². The lowest BCUT2D eigenvalue weighted by Gasteiger charge is -2.29. The summed E-state index contributed by atoms with van der Waals surface area (Å²) in [5.41, 5.74) is 5.91. The lowest BCUT2D eigenvalue weighted by Crippen LogP contribution is -2.28. The van der Waals surface area contributed by atoms with E-state index >= 15 is 0 Å². The van der Waals surface area contributed by atoms with Gasteiger partial charge in [0.2, 0.25) is 0 Å². The van der Waals surface area contributed by atoms with Crippen molar-refractivity contribution >= 4 is 0 Å². The average molecular weight is 249 g/mol. The zero-order valence-electron chi connectivity index (χ0n) is 11.1. The standard InChI is InChI=1S/C18H19N/c1-3-7-16-14(5-1)11-15-6-2-4-8-17(15)18(16)19-12-13-9-10-13/h1-8,13,18-19H,9-12H2. The third-order valence-electron chi connectivity index (χ3n) is 4.42. The molecule has 1 fully saturated rings. The van der Waals surface area contributed by atoms with Crippen molar-refractivity contribution in [2.75, 3.05) is 6.54 Å². The zero-order valence-corrected chi connectivity index (χ0v) is 11.1. The quantitative estimate of drug-likeness (QED) is 0.875. The van der Waals surface area contributed by atoms with Crippen molar-refractivity contribution in [2.45, 2.75) is 25.3 Å². The lowest BCUT2D eigenvalue weighted by atomic mass is 9.82. The van der Waals surface area contributed by atoms with Gasteiger partial charge in [0.15, 0.2) is 0 Å². The molecule has 0 spiro atoms. The number of nitrogens with one attached hydrogen (secondary N) is 1. The molecule has 0 radical (unpaired) electrons. The summed E-state index contributed by atoms with van der Waals surface area (Å²) in [6.45, 7) is 1.16. The van der Waals surface area contributed by atoms with Gasteiger partial charge in [0.05, 0.1) is 6.04 Å². The van der Waals surface area contributed by atoms with E-state index in [1.165, 1.54) is 35.1 Å². The number of hydrogen-bond donors (Lipinski definition) is 1. The molecule has 0 unspecified atom stereocenters. The second-order valence-corrected chi connectivity index (χ2v) is 5.86. The summed E-state index contributed by atoms with van der Waals surface area (Å²) in [6.07, 6.45) is 3.89. The Labute approximate surface area is 114 Å². The highest BCUT2D eigenvalue weighted by Gasteiger charge is 2.27. The summed E-state index contributed by atoms with van der Waals surface area (Å²) in [5, 5.41) is 3.80. The molecule has 2 aromatic rings. The highest BCUT2D eigenvalue weighted by molar-refractivity contribution is 5.48. The minimum atomic E-state index is 0.391. The second-order valence-electron chi connectivity index (χ2n) is 5.86. The van der Waals surface area contributed by atoms with Crippen LogP contribution < -0.4 is 5.32 Å². The van der Waals surface area contributed by atoms with Crippen molar-refractivity contribution in [1.82, 2.24) is 5.32 Å². The Morgan fingerprint density at radius 1 is 0.842 bits per heavy atom. The normalized spacial score (nSPS) is 17.9. The molecular formula is C18H19N. The Balaban J connectivity index is 1.73. The van der Waals surface area contributed by atoms with Crippen LogP contribution in [0, 0.1) is 5.92 Å². The highest BCUT2D eigenvalue weighted by Crippen LogP contribution is 2.36. The summed E-state index contributed by atoms with van der Waals surface area (Å²) in [6, 6.07) is 18.2. The molecule has 1 heteroatoms. The average Bonchev–Trinajstić information content (AvgIpc) is 3.27. The van der Waals surface area contributed by atoms with Crippen LogP contribution in [0.4, 0.5) is 0 Å². The van der Waals surface area contributed by atoms with Crippen molar-refractivity contribution in [1.29, 1.82) is 0 Å². The molecule has 2 aliphatic rings. The maximum absolute atomic E-state index is 3.80. The van der Waals surface area contributed by atoms with Gasteiger partial charge in [0.1, 0.15) is 0 Å². The highest BCUT2D eigenvalue weighted by atomic mass is 14.9. The van der Waals surface area contributed by atoms with E-state index in [2.05, 4.69) is 53.8 Å². The fourth-order valence-electron chi connectivity index (χ4n) is 3.15. The first kappa shape index (κ1) is 11.2. The van der Waals surface area contributed by atoms with E-state index in [-0.39, 0.29) is 0 Å². The molecule has 0 atom stereocenters. The molecule has 19 heavy (non-hydrogen) atoms. The molecule has 1 N–H and O–H groups in total. The third kappa shape index (κ3) is 2.08. The Hall–Kier alpha value is -1.60. The summed E-state index contributed by atoms with van der Waals surface area (Å²) in [7, 11) is 0. The van der Waals surface area contributed by atoms with E-state index in [0.29, 0.717) is 6.04 Å². The van der Waals surface area contributed by atoms with Gasteiger partial charge in [-0.05, 0) is 54.0 Å². The minimum Gasteiger partial charge on any atom is -0.306 e. The van der Waals surface area contributed by atoms with Gasteiger partial charge >= 0.3 is 0 Å². The molecule has 0 heterocycles. The van der Waals surface area contributed by atoms with E-state index in [0.717, 1.165) is 18.9 Å². The molecule has 0 aliphatic heterocycles. The monoisotopic (exact) mass is 249 g/mol. The molecular weight excluding hydrogens is 230 g/mol. The maximum Gasteiger partial charge on any atom is 0.0582 e. The van der Waals surface area contributed by atoms with E-state index in [1.807, 2.05) is 0 Å². The summed E-state index contributed by atoms with van der Waals surface area (Å²) < 4.78 is 0. The predicted octanol–water partition coefficient (Wildman–Crippen LogP) is 3.68. The smallest absolute Gasteiger partial charge is 0.0582 e. The minimum absolute atomic E-state index is 0.391. The van der Waals surface area contributed by atoms with E-state index in [9.17, 15) is 0 Å². The van der Waals surface area contributed by atoms with Crippen LogP contribution in [-0.2, 0) is 6.42 Å². The van der Waals surface area contributed by atoms with Gasteiger partial charge in [-0.3, -0.25) is 0 Å². The summed E-state index contributed by atoms with van der Waals surface area (Å²) >= 11 is 0. The summed E-state index contributed by atoms with van der Waals surface area (Å²) in [5.74, 6) is 0.918. The fraction of sp³-hybridized carbons (Fsp3) is 0.333. The SMILES string of the molecule is c1ccc2c(c1)Cc1ccccc1C2NCC1CC1. The molecule has 0 aromatic heterocycles. The van der Waals surface area contributed by atoms with Crippen LogP contribution in [0.2, 0.25) is 0 Å². The first-order chi connectivity index (χ1) is 9.42. The van der Waals surface area contributed by atoms with Crippen LogP contribution in [0.15, 0.2) is 48.5 Å². The Bertz CT molecular complexity index is 553. The van der Waals surface area contributed by atoms with Crippen LogP contribution in [0.5, 0.6) is 0 Å². The topological polar surface area (TPSA) is 12.0 Å². The van der Waals surface area contributed by atoms with Crippen molar-refractivity contribution < 1.29 is 0 Å². The van der Waals surface area contributed by atoms with E-state index < -0.39 is 0 Å². The van der Waals surface area contributed by atoms with Gasteiger partial charge in [-0.1, -0.05) is 48.5 Å². The molecule has 0 saturated heterocycles. The Kier molecular flexibility index (Phi) is 2.66. The van der Waals surface area contributed by atoms with Gasteiger partial charge in [0, 0.05) is 0 Å². The molecule has 1 nitrogen and oxygen atoms in total. The Morgan fingerprint density at radius 3 is 2.00 bits per heavy atom. The van der Waals surface area contributed by atoms with Crippen LogP contribution in [-0.4, -0.2) is 6.54 Å². The van der Waals surface area contributed by atoms with Crippen LogP contribution in [0.3, 0.4) is 0 Å². The van der Waals surface area contributed by atoms with Gasteiger partial charge in [-0.25, -0.2) is 0 Å². The van der Waals surface area contributed by atoms with E-state index in [1.54, 1.807) is 0 Å². The third-order valence-corrected chi connectivity index (χ3v) is 4.42. The van der Waals surface area contributed by atoms with Crippen molar-refractivity contribution in [2.24, 2.45) is 5.92 Å². The van der Waals surface area contributed by atoms with Gasteiger partial charge < -0.3 is 5.32 Å². The molecule has 1 saturated carbocycles. The zero-order chi connectivity index (χ0) is 12.7. The largest absolute Gasteiger partial charge is 0.306 e. The number of fused-ring (bicyclic) bond motifs is 2. The molecule has 0 amide bonds. The lowest BCUT2D eigenvalue weighted by molar-refractivity contribution is 0.561. The first-order valence-corrected chi connectivity index (χ1v) is 7.31. The van der Waals surface area contributed by atoms with Crippen molar-refractivity contribution in [3.8, 4) is 0 Å². The van der Waals surface area contributed by atoms with Gasteiger partial charge in [0.25, 0.3) is 0 Å². The first-order valence-electron chi connectivity index (χ1n) is 7.31. The van der Waals surface area contributed by atoms with Crippen LogP contribution in [0.25, 0.3) is 0 Å². The molecule has 4 rings (SSSR count). The Morgan fingerprint density at radius 2 is 1.42 bits per heavy atom. The molecule has 2 aliphatic carbocycles. The molecule has 2 aromatic carbocycles. The second kappa shape index (κ2) is 4.50.